The molecule has 5 atom stereocenters. The maximum atomic E-state index is 12.8. The molecule has 0 aromatic heterocycles. The lowest BCUT2D eigenvalue weighted by Crippen LogP contribution is -2.56. The molecule has 1 unspecified atom stereocenters. The summed E-state index contributed by atoms with van der Waals surface area (Å²) in [6.45, 7) is -0.606. The highest BCUT2D eigenvalue weighted by Gasteiger charge is 2.43. The molecule has 0 aliphatic carbocycles. The Bertz CT molecular complexity index is 150. The van der Waals surface area contributed by atoms with Crippen LogP contribution in [-0.2, 0) is 4.74 Å². The summed E-state index contributed by atoms with van der Waals surface area (Å²) in [5.41, 5.74) is 0. The number of halogens is 1. The summed E-state index contributed by atoms with van der Waals surface area (Å²) < 4.78 is 17.3. The van der Waals surface area contributed by atoms with Crippen LogP contribution in [0.15, 0.2) is 0 Å². The summed E-state index contributed by atoms with van der Waals surface area (Å²) in [7, 11) is 0. The van der Waals surface area contributed by atoms with Crippen molar-refractivity contribution in [3.05, 3.63) is 0 Å². The van der Waals surface area contributed by atoms with Crippen molar-refractivity contribution in [2.45, 2.75) is 30.8 Å². The Kier molecular flexibility index (Phi) is 2.97. The van der Waals surface area contributed by atoms with Crippen LogP contribution in [0.2, 0.25) is 0 Å². The first-order valence-electron chi connectivity index (χ1n) is 3.52. The third kappa shape index (κ3) is 1.57. The number of hydrogen-bond acceptors (Lipinski definition) is 5. The highest BCUT2D eigenvalue weighted by Crippen LogP contribution is 2.21. The van der Waals surface area contributed by atoms with Crippen LogP contribution in [0.4, 0.5) is 4.39 Å². The second-order valence-electron chi connectivity index (χ2n) is 2.67. The van der Waals surface area contributed by atoms with Gasteiger partial charge in [-0.15, -0.1) is 0 Å². The summed E-state index contributed by atoms with van der Waals surface area (Å²) in [6.07, 6.45) is -8.24. The number of aliphatic hydroxyl groups excluding tert-OH is 4. The van der Waals surface area contributed by atoms with Gasteiger partial charge < -0.3 is 25.2 Å². The number of ether oxygens (including phenoxy) is 1. The molecule has 4 N–H and O–H groups in total. The predicted molar refractivity (Wildman–Crippen MR) is 34.9 cm³/mol. The SMILES string of the molecule is OC[C@H]1OC(O)[C@@H](O)[C@@H]([18F])[C@@H]1O. The van der Waals surface area contributed by atoms with Crippen molar-refractivity contribution in [1.29, 1.82) is 0 Å². The lowest BCUT2D eigenvalue weighted by molar-refractivity contribution is -0.274. The smallest absolute Gasteiger partial charge is 0.184 e. The van der Waals surface area contributed by atoms with Crippen molar-refractivity contribution in [1.82, 2.24) is 0 Å². The van der Waals surface area contributed by atoms with Crippen molar-refractivity contribution in [2.24, 2.45) is 0 Å². The zero-order valence-corrected chi connectivity index (χ0v) is 6.17. The third-order valence-corrected chi connectivity index (χ3v) is 1.82. The molecule has 12 heavy (non-hydrogen) atoms. The molecule has 1 saturated heterocycles. The summed E-state index contributed by atoms with van der Waals surface area (Å²) in [5.74, 6) is 0. The second kappa shape index (κ2) is 3.63. The van der Waals surface area contributed by atoms with E-state index in [-0.39, 0.29) is 0 Å². The molecule has 5 nitrogen and oxygen atoms in total. The fourth-order valence-electron chi connectivity index (χ4n) is 1.06. The second-order valence-corrected chi connectivity index (χ2v) is 2.67. The Balaban J connectivity index is 2.63. The molecule has 1 aliphatic rings. The standard InChI is InChI=1S/C6H11FO5/c7-3-4(9)2(1-8)12-6(11)5(3)10/h2-6,8-11H,1H2/t2-,3+,4-,5+,6?/m1/s1/i7-1. The largest absolute Gasteiger partial charge is 0.394 e. The van der Waals surface area contributed by atoms with Gasteiger partial charge in [0.05, 0.1) is 6.61 Å². The molecule has 72 valence electrons. The minimum Gasteiger partial charge on any atom is -0.394 e. The van der Waals surface area contributed by atoms with Gasteiger partial charge in [-0.05, 0) is 0 Å². The van der Waals surface area contributed by atoms with Gasteiger partial charge in [0.25, 0.3) is 0 Å². The summed E-state index contributed by atoms with van der Waals surface area (Å²) >= 11 is 0. The van der Waals surface area contributed by atoms with Crippen molar-refractivity contribution < 1.29 is 29.6 Å². The van der Waals surface area contributed by atoms with Crippen LogP contribution in [-0.4, -0.2) is 57.8 Å². The molecular formula is C6H11FO5. The molecule has 0 saturated carbocycles. The van der Waals surface area contributed by atoms with E-state index in [2.05, 4.69) is 4.74 Å². The quantitative estimate of drug-likeness (QED) is 0.367. The molecule has 0 bridgehead atoms. The van der Waals surface area contributed by atoms with Crippen molar-refractivity contribution in [3.63, 3.8) is 0 Å². The topological polar surface area (TPSA) is 90.2 Å². The van der Waals surface area contributed by atoms with Crippen LogP contribution in [0.1, 0.15) is 0 Å². The van der Waals surface area contributed by atoms with E-state index in [1.165, 1.54) is 0 Å². The molecule has 0 spiro atoms. The lowest BCUT2D eigenvalue weighted by Gasteiger charge is -2.36. The Hall–Kier alpha value is -0.270. The van der Waals surface area contributed by atoms with E-state index in [1.807, 2.05) is 0 Å². The molecular weight excluding hydrogens is 170 g/mol. The van der Waals surface area contributed by atoms with Gasteiger partial charge in [-0.25, -0.2) is 4.39 Å². The Morgan fingerprint density at radius 1 is 1.17 bits per heavy atom. The Morgan fingerprint density at radius 3 is 2.25 bits per heavy atom. The first kappa shape index (κ1) is 9.82. The maximum absolute atomic E-state index is 12.8. The molecule has 0 aromatic rings. The van der Waals surface area contributed by atoms with Crippen LogP contribution < -0.4 is 0 Å². The van der Waals surface area contributed by atoms with Gasteiger partial charge in [-0.1, -0.05) is 0 Å². The first-order chi connectivity index (χ1) is 5.57. The fourth-order valence-corrected chi connectivity index (χ4v) is 1.06. The molecule has 0 amide bonds. The Morgan fingerprint density at radius 2 is 1.75 bits per heavy atom. The Labute approximate surface area is 68.0 Å². The van der Waals surface area contributed by atoms with Gasteiger partial charge in [0.15, 0.2) is 12.5 Å². The maximum Gasteiger partial charge on any atom is 0.184 e. The van der Waals surface area contributed by atoms with Gasteiger partial charge in [-0.2, -0.15) is 0 Å². The summed E-state index contributed by atoms with van der Waals surface area (Å²) in [4.78, 5) is 0. The van der Waals surface area contributed by atoms with E-state index < -0.39 is 37.4 Å². The van der Waals surface area contributed by atoms with E-state index in [1.54, 1.807) is 0 Å². The third-order valence-electron chi connectivity index (χ3n) is 1.82. The monoisotopic (exact) mass is 181 g/mol. The van der Waals surface area contributed by atoms with Crippen molar-refractivity contribution in [2.75, 3.05) is 6.61 Å². The highest BCUT2D eigenvalue weighted by molar-refractivity contribution is 4.88. The number of alkyl halides is 1. The normalized spacial score (nSPS) is 49.2. The van der Waals surface area contributed by atoms with Crippen LogP contribution in [0.25, 0.3) is 0 Å². The molecule has 1 fully saturated rings. The average molecular weight is 181 g/mol. The first-order valence-corrected chi connectivity index (χ1v) is 3.52. The van der Waals surface area contributed by atoms with E-state index in [9.17, 15) is 4.39 Å². The highest BCUT2D eigenvalue weighted by atomic mass is 18.2. The van der Waals surface area contributed by atoms with E-state index in [4.69, 9.17) is 20.4 Å². The van der Waals surface area contributed by atoms with Crippen LogP contribution in [0.5, 0.6) is 0 Å². The van der Waals surface area contributed by atoms with Crippen molar-refractivity contribution in [3.8, 4) is 0 Å². The lowest BCUT2D eigenvalue weighted by atomic mass is 10.0. The van der Waals surface area contributed by atoms with E-state index >= 15 is 0 Å². The van der Waals surface area contributed by atoms with Crippen LogP contribution >= 0.6 is 0 Å². The minimum absolute atomic E-state index is 0.606. The van der Waals surface area contributed by atoms with Gasteiger partial charge >= 0.3 is 0 Å². The van der Waals surface area contributed by atoms with Gasteiger partial charge in [0.1, 0.15) is 18.3 Å². The van der Waals surface area contributed by atoms with E-state index in [0.717, 1.165) is 0 Å². The molecule has 0 radical (unpaired) electrons. The zero-order chi connectivity index (χ0) is 9.30. The minimum atomic E-state index is -1.99. The fraction of sp³-hybridized carbons (Fsp3) is 1.00. The zero-order valence-electron chi connectivity index (χ0n) is 6.17. The van der Waals surface area contributed by atoms with E-state index in [0.29, 0.717) is 0 Å². The van der Waals surface area contributed by atoms with Crippen molar-refractivity contribution >= 4 is 0 Å². The molecule has 1 rings (SSSR count). The predicted octanol–water partition coefficient (Wildman–Crippen LogP) is -2.24. The molecule has 6 heteroatoms. The van der Waals surface area contributed by atoms with Gasteiger partial charge in [0.2, 0.25) is 0 Å². The van der Waals surface area contributed by atoms with Gasteiger partial charge in [0, 0.05) is 0 Å². The van der Waals surface area contributed by atoms with Crippen LogP contribution in [0.3, 0.4) is 0 Å². The van der Waals surface area contributed by atoms with Gasteiger partial charge in [-0.3, -0.25) is 0 Å². The van der Waals surface area contributed by atoms with Crippen LogP contribution in [0, 0.1) is 0 Å². The number of aliphatic hydroxyl groups is 4. The molecule has 1 aliphatic heterocycles. The number of hydrogen-bond donors (Lipinski definition) is 4. The average Bonchev–Trinajstić information content (AvgIpc) is 2.08. The summed E-state index contributed by atoms with van der Waals surface area (Å²) in [5, 5.41) is 35.2. The number of rotatable bonds is 1. The molecule has 1 heterocycles. The molecule has 0 aromatic carbocycles. The summed E-state index contributed by atoms with van der Waals surface area (Å²) in [6, 6.07) is 0.